The number of hydrogen-bond donors (Lipinski definition) is 1. The first-order valence-corrected chi connectivity index (χ1v) is 4.17. The highest BCUT2D eigenvalue weighted by molar-refractivity contribution is 4.86. The van der Waals surface area contributed by atoms with Crippen LogP contribution in [0.1, 0.15) is 25.7 Å². The summed E-state index contributed by atoms with van der Waals surface area (Å²) in [6, 6.07) is 0. The molecule has 0 aromatic carbocycles. The van der Waals surface area contributed by atoms with E-state index in [4.69, 9.17) is 4.74 Å². The van der Waals surface area contributed by atoms with E-state index in [1.54, 1.807) is 0 Å². The summed E-state index contributed by atoms with van der Waals surface area (Å²) < 4.78 is 5.47. The van der Waals surface area contributed by atoms with Gasteiger partial charge in [0.05, 0.1) is 12.2 Å². The fourth-order valence-corrected chi connectivity index (χ4v) is 2.14. The Hall–Kier alpha value is -0.0800. The fraction of sp³-hybridized carbons (Fsp3) is 1.00. The molecule has 1 aliphatic carbocycles. The first kappa shape index (κ1) is 6.62. The smallest absolute Gasteiger partial charge is 0.0628 e. The van der Waals surface area contributed by atoms with Crippen LogP contribution in [0.3, 0.4) is 0 Å². The van der Waals surface area contributed by atoms with Gasteiger partial charge in [0.25, 0.3) is 0 Å². The highest BCUT2D eigenvalue weighted by Gasteiger charge is 2.36. The molecule has 0 aromatic rings. The van der Waals surface area contributed by atoms with E-state index < -0.39 is 0 Å². The van der Waals surface area contributed by atoms with Gasteiger partial charge in [0.15, 0.2) is 0 Å². The van der Waals surface area contributed by atoms with E-state index in [1.807, 2.05) is 0 Å². The maximum atomic E-state index is 9.50. The first-order chi connectivity index (χ1) is 4.88. The zero-order valence-electron chi connectivity index (χ0n) is 6.12. The number of aliphatic hydroxyl groups excluding tert-OH is 1. The topological polar surface area (TPSA) is 29.5 Å². The molecule has 0 unspecified atom stereocenters. The molecule has 0 radical (unpaired) electrons. The average molecular weight is 142 g/mol. The number of aliphatic hydroxyl groups is 1. The standard InChI is InChI=1S/C8H14O2/c9-7-2-1-3-8-6(7)4-5-10-8/h6-9H,1-5H2/t6-,7-,8+/m1/s1. The molecule has 0 aromatic heterocycles. The van der Waals surface area contributed by atoms with Crippen molar-refractivity contribution in [1.82, 2.24) is 0 Å². The van der Waals surface area contributed by atoms with Crippen molar-refractivity contribution in [3.63, 3.8) is 0 Å². The summed E-state index contributed by atoms with van der Waals surface area (Å²) in [5.41, 5.74) is 0. The lowest BCUT2D eigenvalue weighted by molar-refractivity contribution is -0.00209. The van der Waals surface area contributed by atoms with Gasteiger partial charge in [-0.2, -0.15) is 0 Å². The number of rotatable bonds is 0. The third kappa shape index (κ3) is 0.956. The SMILES string of the molecule is O[C@@H]1CCC[C@@H]2OCC[C@H]12. The van der Waals surface area contributed by atoms with Crippen LogP contribution in [0.25, 0.3) is 0 Å². The Morgan fingerprint density at radius 1 is 1.20 bits per heavy atom. The third-order valence-corrected chi connectivity index (χ3v) is 2.74. The number of fused-ring (bicyclic) bond motifs is 1. The van der Waals surface area contributed by atoms with Crippen LogP contribution < -0.4 is 0 Å². The van der Waals surface area contributed by atoms with Crippen molar-refractivity contribution in [1.29, 1.82) is 0 Å². The largest absolute Gasteiger partial charge is 0.393 e. The lowest BCUT2D eigenvalue weighted by Crippen LogP contribution is -2.32. The van der Waals surface area contributed by atoms with Gasteiger partial charge < -0.3 is 9.84 Å². The number of ether oxygens (including phenoxy) is 1. The molecule has 0 amide bonds. The van der Waals surface area contributed by atoms with Crippen LogP contribution in [0.5, 0.6) is 0 Å². The minimum absolute atomic E-state index is 0.0683. The molecule has 2 nitrogen and oxygen atoms in total. The second-order valence-electron chi connectivity index (χ2n) is 3.36. The third-order valence-electron chi connectivity index (χ3n) is 2.74. The average Bonchev–Trinajstić information content (AvgIpc) is 2.36. The van der Waals surface area contributed by atoms with E-state index >= 15 is 0 Å². The molecular weight excluding hydrogens is 128 g/mol. The van der Waals surface area contributed by atoms with Crippen LogP contribution in [0.15, 0.2) is 0 Å². The summed E-state index contributed by atoms with van der Waals surface area (Å²) in [5, 5.41) is 9.50. The monoisotopic (exact) mass is 142 g/mol. The van der Waals surface area contributed by atoms with Crippen molar-refractivity contribution < 1.29 is 9.84 Å². The summed E-state index contributed by atoms with van der Waals surface area (Å²) in [6.45, 7) is 0.867. The van der Waals surface area contributed by atoms with Crippen LogP contribution in [0.4, 0.5) is 0 Å². The molecular formula is C8H14O2. The van der Waals surface area contributed by atoms with Crippen molar-refractivity contribution in [2.75, 3.05) is 6.61 Å². The Balaban J connectivity index is 2.03. The summed E-state index contributed by atoms with van der Waals surface area (Å²) in [7, 11) is 0. The van der Waals surface area contributed by atoms with Gasteiger partial charge in [0, 0.05) is 12.5 Å². The van der Waals surface area contributed by atoms with Gasteiger partial charge in [-0.3, -0.25) is 0 Å². The lowest BCUT2D eigenvalue weighted by atomic mass is 9.84. The van der Waals surface area contributed by atoms with E-state index in [9.17, 15) is 5.11 Å². The van der Waals surface area contributed by atoms with E-state index in [-0.39, 0.29) is 6.10 Å². The van der Waals surface area contributed by atoms with Gasteiger partial charge in [0.2, 0.25) is 0 Å². The molecule has 1 saturated carbocycles. The van der Waals surface area contributed by atoms with Crippen LogP contribution >= 0.6 is 0 Å². The van der Waals surface area contributed by atoms with Gasteiger partial charge in [-0.15, -0.1) is 0 Å². The summed E-state index contributed by atoms with van der Waals surface area (Å²) in [4.78, 5) is 0. The zero-order valence-corrected chi connectivity index (χ0v) is 6.12. The molecule has 1 saturated heterocycles. The predicted octanol–water partition coefficient (Wildman–Crippen LogP) is 0.936. The van der Waals surface area contributed by atoms with Crippen molar-refractivity contribution in [3.05, 3.63) is 0 Å². The first-order valence-electron chi connectivity index (χ1n) is 4.17. The van der Waals surface area contributed by atoms with Gasteiger partial charge in [-0.05, 0) is 25.7 Å². The molecule has 10 heavy (non-hydrogen) atoms. The minimum atomic E-state index is -0.0683. The second-order valence-corrected chi connectivity index (χ2v) is 3.36. The highest BCUT2D eigenvalue weighted by Crippen LogP contribution is 2.33. The van der Waals surface area contributed by atoms with Crippen LogP contribution in [-0.2, 0) is 4.74 Å². The lowest BCUT2D eigenvalue weighted by Gasteiger charge is -2.28. The molecule has 1 heterocycles. The van der Waals surface area contributed by atoms with Crippen LogP contribution in [0.2, 0.25) is 0 Å². The van der Waals surface area contributed by atoms with Gasteiger partial charge in [-0.25, -0.2) is 0 Å². The van der Waals surface area contributed by atoms with Crippen LogP contribution in [-0.4, -0.2) is 23.9 Å². The number of hydrogen-bond acceptors (Lipinski definition) is 2. The molecule has 58 valence electrons. The molecule has 2 fully saturated rings. The van der Waals surface area contributed by atoms with Gasteiger partial charge in [-0.1, -0.05) is 0 Å². The Morgan fingerprint density at radius 2 is 2.10 bits per heavy atom. The van der Waals surface area contributed by atoms with Crippen molar-refractivity contribution in [2.45, 2.75) is 37.9 Å². The van der Waals surface area contributed by atoms with Gasteiger partial charge in [0.1, 0.15) is 0 Å². The molecule has 2 heteroatoms. The molecule has 3 atom stereocenters. The Bertz CT molecular complexity index is 124. The molecule has 1 N–H and O–H groups in total. The van der Waals surface area contributed by atoms with Crippen molar-refractivity contribution in [3.8, 4) is 0 Å². The molecule has 2 rings (SSSR count). The summed E-state index contributed by atoms with van der Waals surface area (Å²) in [6.07, 6.45) is 4.70. The van der Waals surface area contributed by atoms with Crippen molar-refractivity contribution >= 4 is 0 Å². The maximum Gasteiger partial charge on any atom is 0.0628 e. The van der Waals surface area contributed by atoms with E-state index in [0.717, 1.165) is 25.9 Å². The van der Waals surface area contributed by atoms with Crippen molar-refractivity contribution in [2.24, 2.45) is 5.92 Å². The second kappa shape index (κ2) is 2.51. The van der Waals surface area contributed by atoms with E-state index in [0.29, 0.717) is 12.0 Å². The molecule has 1 aliphatic heterocycles. The van der Waals surface area contributed by atoms with E-state index in [2.05, 4.69) is 0 Å². The highest BCUT2D eigenvalue weighted by atomic mass is 16.5. The fourth-order valence-electron chi connectivity index (χ4n) is 2.14. The Kier molecular flexibility index (Phi) is 1.66. The predicted molar refractivity (Wildman–Crippen MR) is 37.7 cm³/mol. The maximum absolute atomic E-state index is 9.50. The summed E-state index contributed by atoms with van der Waals surface area (Å²) >= 11 is 0. The van der Waals surface area contributed by atoms with Crippen LogP contribution in [0, 0.1) is 5.92 Å². The quantitative estimate of drug-likeness (QED) is 0.545. The Labute approximate surface area is 61.2 Å². The molecule has 2 aliphatic rings. The molecule has 0 spiro atoms. The molecule has 0 bridgehead atoms. The zero-order chi connectivity index (χ0) is 6.97. The minimum Gasteiger partial charge on any atom is -0.393 e. The normalized spacial score (nSPS) is 47.1. The Morgan fingerprint density at radius 3 is 2.90 bits per heavy atom. The van der Waals surface area contributed by atoms with Gasteiger partial charge >= 0.3 is 0 Å². The van der Waals surface area contributed by atoms with E-state index in [1.165, 1.54) is 6.42 Å². The summed E-state index contributed by atoms with van der Waals surface area (Å²) in [5.74, 6) is 0.466.